The average molecular weight is 237 g/mol. The Labute approximate surface area is 104 Å². The van der Waals surface area contributed by atoms with Gasteiger partial charge in [0, 0.05) is 24.1 Å². The Balaban J connectivity index is 2.38. The van der Waals surface area contributed by atoms with Crippen LogP contribution in [-0.2, 0) is 0 Å². The summed E-state index contributed by atoms with van der Waals surface area (Å²) < 4.78 is 5.55. The van der Waals surface area contributed by atoms with Gasteiger partial charge >= 0.3 is 0 Å². The van der Waals surface area contributed by atoms with Gasteiger partial charge in [-0.1, -0.05) is 30.3 Å². The first-order valence-corrected chi connectivity index (χ1v) is 5.71. The Bertz CT molecular complexity index is 714. The van der Waals surface area contributed by atoms with Gasteiger partial charge in [0.2, 0.25) is 5.71 Å². The lowest BCUT2D eigenvalue weighted by Crippen LogP contribution is -1.91. The van der Waals surface area contributed by atoms with Gasteiger partial charge in [-0.25, -0.2) is 4.98 Å². The van der Waals surface area contributed by atoms with Gasteiger partial charge in [-0.05, 0) is 17.7 Å². The molecule has 2 aromatic heterocycles. The van der Waals surface area contributed by atoms with Crippen molar-refractivity contribution in [2.75, 3.05) is 0 Å². The summed E-state index contributed by atoms with van der Waals surface area (Å²) >= 11 is 0. The Morgan fingerprint density at radius 2 is 1.89 bits per heavy atom. The molecule has 0 aliphatic heterocycles. The third-order valence-corrected chi connectivity index (χ3v) is 2.85. The smallest absolute Gasteiger partial charge is 0.227 e. The number of nitrogens with zero attached hydrogens (tertiary/aromatic N) is 1. The van der Waals surface area contributed by atoms with Crippen molar-refractivity contribution in [3.8, 4) is 11.1 Å². The summed E-state index contributed by atoms with van der Waals surface area (Å²) in [6, 6.07) is 13.5. The summed E-state index contributed by atoms with van der Waals surface area (Å²) in [6.45, 7) is 1.50. The molecule has 1 aromatic carbocycles. The molecule has 0 radical (unpaired) electrons. The Hall–Kier alpha value is -2.42. The zero-order chi connectivity index (χ0) is 12.5. The van der Waals surface area contributed by atoms with Crippen LogP contribution in [0, 0.1) is 0 Å². The predicted octanol–water partition coefficient (Wildman–Crippen LogP) is 3.70. The highest BCUT2D eigenvalue weighted by molar-refractivity contribution is 6.07. The molecule has 0 aliphatic rings. The average Bonchev–Trinajstić information content (AvgIpc) is 2.79. The molecule has 0 aliphatic carbocycles. The molecular formula is C15H11NO2. The van der Waals surface area contributed by atoms with Gasteiger partial charge in [-0.15, -0.1) is 0 Å². The number of Topliss-reactive ketones (excluding diaryl/α,β-unsaturated/α-hetero) is 1. The zero-order valence-electron chi connectivity index (χ0n) is 9.88. The molecule has 0 spiro atoms. The van der Waals surface area contributed by atoms with Crippen LogP contribution in [0.2, 0.25) is 0 Å². The molecule has 0 amide bonds. The fourth-order valence-electron chi connectivity index (χ4n) is 2.07. The molecule has 2 heterocycles. The molecule has 3 nitrogen and oxygen atoms in total. The lowest BCUT2D eigenvalue weighted by Gasteiger charge is -2.00. The normalized spacial score (nSPS) is 10.7. The predicted molar refractivity (Wildman–Crippen MR) is 69.4 cm³/mol. The lowest BCUT2D eigenvalue weighted by molar-refractivity contribution is 0.0990. The standard InChI is InChI=1S/C15H11NO2/c1-10(17)14-13(11-6-3-2-4-7-11)12-8-5-9-16-15(12)18-14/h2-9H,1H3. The van der Waals surface area contributed by atoms with E-state index in [1.165, 1.54) is 6.92 Å². The minimum atomic E-state index is -0.0909. The molecular weight excluding hydrogens is 226 g/mol. The van der Waals surface area contributed by atoms with E-state index in [0.717, 1.165) is 16.5 Å². The number of rotatable bonds is 2. The number of carbonyl (C=O) groups excluding carboxylic acids is 1. The summed E-state index contributed by atoms with van der Waals surface area (Å²) in [6.07, 6.45) is 1.66. The van der Waals surface area contributed by atoms with Gasteiger partial charge < -0.3 is 4.42 Å². The van der Waals surface area contributed by atoms with Gasteiger partial charge in [0.15, 0.2) is 11.5 Å². The van der Waals surface area contributed by atoms with Crippen molar-refractivity contribution in [1.82, 2.24) is 4.98 Å². The van der Waals surface area contributed by atoms with E-state index in [0.29, 0.717) is 11.5 Å². The third-order valence-electron chi connectivity index (χ3n) is 2.85. The number of hydrogen-bond donors (Lipinski definition) is 0. The van der Waals surface area contributed by atoms with Crippen LogP contribution >= 0.6 is 0 Å². The van der Waals surface area contributed by atoms with E-state index in [9.17, 15) is 4.79 Å². The number of carbonyl (C=O) groups is 1. The molecule has 88 valence electrons. The molecule has 0 bridgehead atoms. The second-order valence-electron chi connectivity index (χ2n) is 4.08. The molecule has 18 heavy (non-hydrogen) atoms. The van der Waals surface area contributed by atoms with Crippen molar-refractivity contribution in [2.24, 2.45) is 0 Å². The maximum absolute atomic E-state index is 11.7. The molecule has 0 saturated heterocycles. The minimum Gasteiger partial charge on any atom is -0.434 e. The van der Waals surface area contributed by atoms with E-state index in [4.69, 9.17) is 4.42 Å². The molecule has 0 saturated carbocycles. The van der Waals surface area contributed by atoms with Crippen LogP contribution in [0.3, 0.4) is 0 Å². The van der Waals surface area contributed by atoms with Gasteiger partial charge in [0.05, 0.1) is 0 Å². The van der Waals surface area contributed by atoms with E-state index in [-0.39, 0.29) is 5.78 Å². The largest absolute Gasteiger partial charge is 0.434 e. The Morgan fingerprint density at radius 1 is 1.11 bits per heavy atom. The van der Waals surface area contributed by atoms with E-state index in [2.05, 4.69) is 4.98 Å². The SMILES string of the molecule is CC(=O)c1oc2ncccc2c1-c1ccccc1. The van der Waals surface area contributed by atoms with E-state index < -0.39 is 0 Å². The van der Waals surface area contributed by atoms with Gasteiger partial charge in [0.25, 0.3) is 0 Å². The highest BCUT2D eigenvalue weighted by atomic mass is 16.4. The first kappa shape index (κ1) is 10.7. The topological polar surface area (TPSA) is 43.1 Å². The minimum absolute atomic E-state index is 0.0909. The van der Waals surface area contributed by atoms with Crippen molar-refractivity contribution in [3.05, 3.63) is 54.4 Å². The van der Waals surface area contributed by atoms with Crippen molar-refractivity contribution in [2.45, 2.75) is 6.92 Å². The van der Waals surface area contributed by atoms with Crippen LogP contribution in [0.1, 0.15) is 17.5 Å². The molecule has 0 atom stereocenters. The third kappa shape index (κ3) is 1.61. The summed E-state index contributed by atoms with van der Waals surface area (Å²) in [7, 11) is 0. The second kappa shape index (κ2) is 4.11. The van der Waals surface area contributed by atoms with Crippen LogP contribution in [0.4, 0.5) is 0 Å². The molecule has 3 rings (SSSR count). The first-order chi connectivity index (χ1) is 8.77. The second-order valence-corrected chi connectivity index (χ2v) is 4.08. The number of pyridine rings is 1. The zero-order valence-corrected chi connectivity index (χ0v) is 9.88. The number of furan rings is 1. The molecule has 0 fully saturated rings. The van der Waals surface area contributed by atoms with E-state index in [1.807, 2.05) is 42.5 Å². The van der Waals surface area contributed by atoms with Gasteiger partial charge in [0.1, 0.15) is 0 Å². The number of hydrogen-bond acceptors (Lipinski definition) is 3. The number of aromatic nitrogens is 1. The monoisotopic (exact) mass is 237 g/mol. The fraction of sp³-hybridized carbons (Fsp3) is 0.0667. The van der Waals surface area contributed by atoms with Crippen molar-refractivity contribution in [3.63, 3.8) is 0 Å². The van der Waals surface area contributed by atoms with Crippen LogP contribution in [0.25, 0.3) is 22.2 Å². The summed E-state index contributed by atoms with van der Waals surface area (Å²) in [4.78, 5) is 15.8. The van der Waals surface area contributed by atoms with Crippen molar-refractivity contribution in [1.29, 1.82) is 0 Å². The van der Waals surface area contributed by atoms with Crippen molar-refractivity contribution < 1.29 is 9.21 Å². The van der Waals surface area contributed by atoms with Crippen molar-refractivity contribution >= 4 is 16.9 Å². The van der Waals surface area contributed by atoms with Gasteiger partial charge in [-0.2, -0.15) is 0 Å². The Morgan fingerprint density at radius 3 is 2.61 bits per heavy atom. The molecule has 0 unspecified atom stereocenters. The Kier molecular flexibility index (Phi) is 2.45. The van der Waals surface area contributed by atoms with Crippen LogP contribution in [0.15, 0.2) is 53.1 Å². The summed E-state index contributed by atoms with van der Waals surface area (Å²) in [5, 5.41) is 0.869. The lowest BCUT2D eigenvalue weighted by atomic mass is 10.0. The van der Waals surface area contributed by atoms with Gasteiger partial charge in [-0.3, -0.25) is 4.79 Å². The molecule has 0 N–H and O–H groups in total. The maximum atomic E-state index is 11.7. The fourth-order valence-corrected chi connectivity index (χ4v) is 2.07. The number of benzene rings is 1. The summed E-state index contributed by atoms with van der Waals surface area (Å²) in [5.41, 5.74) is 2.29. The molecule has 3 aromatic rings. The van der Waals surface area contributed by atoms with Crippen LogP contribution < -0.4 is 0 Å². The van der Waals surface area contributed by atoms with Crippen LogP contribution in [-0.4, -0.2) is 10.8 Å². The number of ketones is 1. The van der Waals surface area contributed by atoms with E-state index in [1.54, 1.807) is 6.20 Å². The highest BCUT2D eigenvalue weighted by Crippen LogP contribution is 2.33. The quantitative estimate of drug-likeness (QED) is 0.638. The van der Waals surface area contributed by atoms with E-state index >= 15 is 0 Å². The molecule has 3 heteroatoms. The summed E-state index contributed by atoms with van der Waals surface area (Å²) in [5.74, 6) is 0.279. The number of fused-ring (bicyclic) bond motifs is 1. The maximum Gasteiger partial charge on any atom is 0.227 e. The highest BCUT2D eigenvalue weighted by Gasteiger charge is 2.19. The first-order valence-electron chi connectivity index (χ1n) is 5.71. The van der Waals surface area contributed by atoms with Crippen LogP contribution in [0.5, 0.6) is 0 Å².